The quantitative estimate of drug-likeness (QED) is 0.428. The molecule has 0 bridgehead atoms. The number of nitrogens with zero attached hydrogens (tertiary/aromatic N) is 1. The molecular formula is C28H33NO2. The van der Waals surface area contributed by atoms with E-state index < -0.39 is 6.10 Å². The van der Waals surface area contributed by atoms with Crippen molar-refractivity contribution >= 4 is 5.91 Å². The van der Waals surface area contributed by atoms with E-state index in [2.05, 4.69) is 57.2 Å². The molecule has 0 aromatic heterocycles. The molecule has 0 fully saturated rings. The predicted octanol–water partition coefficient (Wildman–Crippen LogP) is 6.37. The molecule has 0 spiro atoms. The molecule has 3 aromatic carbocycles. The molecule has 0 aliphatic heterocycles. The molecule has 0 radical (unpaired) electrons. The number of hydrogen-bond donors (Lipinski definition) is 0. The first-order chi connectivity index (χ1) is 14.9. The molecule has 0 saturated carbocycles. The fraction of sp³-hybridized carbons (Fsp3) is 0.321. The fourth-order valence-corrected chi connectivity index (χ4v) is 3.53. The van der Waals surface area contributed by atoms with Crippen LogP contribution in [0.4, 0.5) is 0 Å². The average molecular weight is 416 g/mol. The van der Waals surface area contributed by atoms with Crippen LogP contribution in [-0.4, -0.2) is 16.9 Å². The van der Waals surface area contributed by atoms with Gasteiger partial charge >= 0.3 is 0 Å². The van der Waals surface area contributed by atoms with Crippen molar-refractivity contribution in [1.82, 2.24) is 4.90 Å². The third-order valence-corrected chi connectivity index (χ3v) is 5.39. The van der Waals surface area contributed by atoms with Crippen molar-refractivity contribution in [3.05, 3.63) is 102 Å². The standard InChI is InChI=1S/C28H33NO2/c1-5-26(31-25-18-16-24(17-19-25)28(2,3)4)27(30)29(20-22-12-8-6-9-13-22)21-23-14-10-7-11-15-23/h6-19,26H,5,20-21H2,1-4H3/t26-/m1/s1. The zero-order valence-corrected chi connectivity index (χ0v) is 19.0. The monoisotopic (exact) mass is 415 g/mol. The van der Waals surface area contributed by atoms with Gasteiger partial charge < -0.3 is 9.64 Å². The van der Waals surface area contributed by atoms with E-state index in [9.17, 15) is 4.79 Å². The van der Waals surface area contributed by atoms with Crippen molar-refractivity contribution in [2.45, 2.75) is 58.7 Å². The van der Waals surface area contributed by atoms with Crippen molar-refractivity contribution in [2.75, 3.05) is 0 Å². The molecule has 0 unspecified atom stereocenters. The molecule has 31 heavy (non-hydrogen) atoms. The van der Waals surface area contributed by atoms with Gasteiger partial charge in [0, 0.05) is 13.1 Å². The SMILES string of the molecule is CC[C@@H](Oc1ccc(C(C)(C)C)cc1)C(=O)N(Cc1ccccc1)Cc1ccccc1. The van der Waals surface area contributed by atoms with Crippen LogP contribution in [0.2, 0.25) is 0 Å². The van der Waals surface area contributed by atoms with Gasteiger partial charge in [0.05, 0.1) is 0 Å². The van der Waals surface area contributed by atoms with Crippen LogP contribution in [0.1, 0.15) is 50.8 Å². The molecule has 3 nitrogen and oxygen atoms in total. The van der Waals surface area contributed by atoms with E-state index in [0.29, 0.717) is 19.5 Å². The van der Waals surface area contributed by atoms with Gasteiger partial charge in [-0.2, -0.15) is 0 Å². The van der Waals surface area contributed by atoms with E-state index in [1.165, 1.54) is 5.56 Å². The highest BCUT2D eigenvalue weighted by atomic mass is 16.5. The Morgan fingerprint density at radius 3 is 1.71 bits per heavy atom. The number of rotatable bonds is 8. The zero-order valence-electron chi connectivity index (χ0n) is 19.0. The summed E-state index contributed by atoms with van der Waals surface area (Å²) < 4.78 is 6.16. The highest BCUT2D eigenvalue weighted by molar-refractivity contribution is 5.81. The minimum Gasteiger partial charge on any atom is -0.481 e. The lowest BCUT2D eigenvalue weighted by atomic mass is 9.87. The summed E-state index contributed by atoms with van der Waals surface area (Å²) in [5.74, 6) is 0.739. The molecule has 1 amide bonds. The van der Waals surface area contributed by atoms with Gasteiger partial charge in [0.2, 0.25) is 0 Å². The number of ether oxygens (including phenoxy) is 1. The van der Waals surface area contributed by atoms with Gasteiger partial charge in [0.25, 0.3) is 5.91 Å². The summed E-state index contributed by atoms with van der Waals surface area (Å²) in [7, 11) is 0. The van der Waals surface area contributed by atoms with E-state index in [0.717, 1.165) is 16.9 Å². The Balaban J connectivity index is 1.78. The van der Waals surface area contributed by atoms with Crippen LogP contribution < -0.4 is 4.74 Å². The Morgan fingerprint density at radius 1 is 0.806 bits per heavy atom. The van der Waals surface area contributed by atoms with Gasteiger partial charge in [-0.25, -0.2) is 0 Å². The van der Waals surface area contributed by atoms with Crippen molar-refractivity contribution in [3.63, 3.8) is 0 Å². The summed E-state index contributed by atoms with van der Waals surface area (Å²) in [6, 6.07) is 28.3. The Kier molecular flexibility index (Phi) is 7.51. The number of hydrogen-bond acceptors (Lipinski definition) is 2. The maximum Gasteiger partial charge on any atom is 0.264 e. The van der Waals surface area contributed by atoms with Crippen LogP contribution >= 0.6 is 0 Å². The lowest BCUT2D eigenvalue weighted by Crippen LogP contribution is -2.41. The van der Waals surface area contributed by atoms with Crippen LogP contribution in [0.5, 0.6) is 5.75 Å². The lowest BCUT2D eigenvalue weighted by molar-refractivity contribution is -0.140. The van der Waals surface area contributed by atoms with Gasteiger partial charge in [-0.15, -0.1) is 0 Å². The van der Waals surface area contributed by atoms with Crippen LogP contribution in [0.25, 0.3) is 0 Å². The number of carbonyl (C=O) groups excluding carboxylic acids is 1. The van der Waals surface area contributed by atoms with E-state index in [1.54, 1.807) is 0 Å². The zero-order chi connectivity index (χ0) is 22.3. The minimum atomic E-state index is -0.520. The highest BCUT2D eigenvalue weighted by Gasteiger charge is 2.25. The van der Waals surface area contributed by atoms with Gasteiger partial charge in [-0.1, -0.05) is 100 Å². The molecule has 0 aliphatic carbocycles. The first-order valence-electron chi connectivity index (χ1n) is 11.0. The summed E-state index contributed by atoms with van der Waals surface area (Å²) in [5, 5.41) is 0. The number of amides is 1. The molecule has 3 aromatic rings. The highest BCUT2D eigenvalue weighted by Crippen LogP contribution is 2.25. The maximum atomic E-state index is 13.5. The first-order valence-corrected chi connectivity index (χ1v) is 11.0. The van der Waals surface area contributed by atoms with Crippen molar-refractivity contribution in [3.8, 4) is 5.75 Å². The molecule has 1 atom stereocenters. The minimum absolute atomic E-state index is 0.00936. The second-order valence-corrected chi connectivity index (χ2v) is 8.95. The molecule has 0 N–H and O–H groups in total. The average Bonchev–Trinajstić information content (AvgIpc) is 2.78. The van der Waals surface area contributed by atoms with Crippen LogP contribution in [0, 0.1) is 0 Å². The predicted molar refractivity (Wildman–Crippen MR) is 127 cm³/mol. The van der Waals surface area contributed by atoms with Crippen molar-refractivity contribution in [2.24, 2.45) is 0 Å². The smallest absolute Gasteiger partial charge is 0.264 e. The summed E-state index contributed by atoms with van der Waals surface area (Å²) in [6.45, 7) is 9.66. The third-order valence-electron chi connectivity index (χ3n) is 5.39. The number of carbonyl (C=O) groups is 1. The van der Waals surface area contributed by atoms with E-state index in [4.69, 9.17) is 4.74 Å². The largest absolute Gasteiger partial charge is 0.481 e. The first kappa shape index (κ1) is 22.6. The van der Waals surface area contributed by atoms with E-state index in [-0.39, 0.29) is 11.3 Å². The second kappa shape index (κ2) is 10.3. The third kappa shape index (κ3) is 6.45. The van der Waals surface area contributed by atoms with Gasteiger partial charge in [-0.3, -0.25) is 4.79 Å². The Morgan fingerprint density at radius 2 is 1.29 bits per heavy atom. The van der Waals surface area contributed by atoms with Crippen molar-refractivity contribution < 1.29 is 9.53 Å². The van der Waals surface area contributed by atoms with Gasteiger partial charge in [-0.05, 0) is 40.7 Å². The van der Waals surface area contributed by atoms with Gasteiger partial charge in [0.15, 0.2) is 6.10 Å². The van der Waals surface area contributed by atoms with E-state index >= 15 is 0 Å². The molecule has 162 valence electrons. The Labute approximate surface area is 186 Å². The van der Waals surface area contributed by atoms with Crippen LogP contribution in [-0.2, 0) is 23.3 Å². The summed E-state index contributed by atoms with van der Waals surface area (Å²) >= 11 is 0. The Hall–Kier alpha value is -3.07. The molecule has 3 rings (SSSR count). The summed E-state index contributed by atoms with van der Waals surface area (Å²) in [5.41, 5.74) is 3.54. The topological polar surface area (TPSA) is 29.5 Å². The van der Waals surface area contributed by atoms with Crippen LogP contribution in [0.3, 0.4) is 0 Å². The molecular weight excluding hydrogens is 382 g/mol. The summed E-state index contributed by atoms with van der Waals surface area (Å²) in [6.07, 6.45) is 0.0906. The van der Waals surface area contributed by atoms with Crippen LogP contribution in [0.15, 0.2) is 84.9 Å². The van der Waals surface area contributed by atoms with Crippen molar-refractivity contribution in [1.29, 1.82) is 0 Å². The fourth-order valence-electron chi connectivity index (χ4n) is 3.53. The number of benzene rings is 3. The second-order valence-electron chi connectivity index (χ2n) is 8.95. The molecule has 0 heterocycles. The molecule has 3 heteroatoms. The summed E-state index contributed by atoms with van der Waals surface area (Å²) in [4.78, 5) is 15.4. The molecule has 0 saturated heterocycles. The maximum absolute atomic E-state index is 13.5. The normalized spacial score (nSPS) is 12.3. The van der Waals surface area contributed by atoms with Gasteiger partial charge in [0.1, 0.15) is 5.75 Å². The van der Waals surface area contributed by atoms with E-state index in [1.807, 2.05) is 60.4 Å². The Bertz CT molecular complexity index is 902. The molecule has 0 aliphatic rings. The lowest BCUT2D eigenvalue weighted by Gasteiger charge is -2.28.